The van der Waals surface area contributed by atoms with Crippen LogP contribution in [-0.4, -0.2) is 62.3 Å². The average molecular weight is 290 g/mol. The zero-order chi connectivity index (χ0) is 14.7. The second kappa shape index (κ2) is 6.34. The zero-order valence-electron chi connectivity index (χ0n) is 13.2. The van der Waals surface area contributed by atoms with E-state index >= 15 is 0 Å². The van der Waals surface area contributed by atoms with Gasteiger partial charge in [-0.05, 0) is 44.1 Å². The minimum Gasteiger partial charge on any atom is -0.497 e. The van der Waals surface area contributed by atoms with Crippen LogP contribution in [0.3, 0.4) is 0 Å². The Morgan fingerprint density at radius 3 is 3.00 bits per heavy atom. The summed E-state index contributed by atoms with van der Waals surface area (Å²) in [4.78, 5) is 4.93. The van der Waals surface area contributed by atoms with Crippen LogP contribution < -0.4 is 4.74 Å². The fourth-order valence-electron chi connectivity index (χ4n) is 3.66. The summed E-state index contributed by atoms with van der Waals surface area (Å²) in [5.74, 6) is 0.938. The molecule has 1 aromatic carbocycles. The van der Waals surface area contributed by atoms with E-state index in [1.54, 1.807) is 7.11 Å². The predicted molar refractivity (Wildman–Crippen MR) is 83.7 cm³/mol. The lowest BCUT2D eigenvalue weighted by molar-refractivity contribution is -0.138. The Kier molecular flexibility index (Phi) is 4.48. The summed E-state index contributed by atoms with van der Waals surface area (Å²) >= 11 is 0. The maximum absolute atomic E-state index is 6.18. The highest BCUT2D eigenvalue weighted by atomic mass is 16.5. The summed E-state index contributed by atoms with van der Waals surface area (Å²) in [6.07, 6.45) is 2.43. The number of hydrogen-bond donors (Lipinski definition) is 0. The summed E-state index contributed by atoms with van der Waals surface area (Å²) in [6, 6.07) is 8.38. The Morgan fingerprint density at radius 2 is 2.19 bits per heavy atom. The van der Waals surface area contributed by atoms with Crippen molar-refractivity contribution in [1.82, 2.24) is 9.80 Å². The van der Waals surface area contributed by atoms with Crippen molar-refractivity contribution in [3.63, 3.8) is 0 Å². The van der Waals surface area contributed by atoms with Gasteiger partial charge in [-0.25, -0.2) is 0 Å². The first-order valence-electron chi connectivity index (χ1n) is 7.87. The number of benzene rings is 1. The van der Waals surface area contributed by atoms with E-state index in [2.05, 4.69) is 35.0 Å². The van der Waals surface area contributed by atoms with E-state index in [1.807, 2.05) is 6.07 Å². The van der Waals surface area contributed by atoms with Crippen molar-refractivity contribution in [1.29, 1.82) is 0 Å². The smallest absolute Gasteiger partial charge is 0.119 e. The van der Waals surface area contributed by atoms with Gasteiger partial charge in [-0.2, -0.15) is 0 Å². The van der Waals surface area contributed by atoms with Gasteiger partial charge in [0, 0.05) is 26.2 Å². The van der Waals surface area contributed by atoms with Gasteiger partial charge in [-0.15, -0.1) is 0 Å². The molecule has 4 nitrogen and oxygen atoms in total. The van der Waals surface area contributed by atoms with Crippen LogP contribution in [0.15, 0.2) is 24.3 Å². The van der Waals surface area contributed by atoms with E-state index in [1.165, 1.54) is 24.9 Å². The lowest BCUT2D eigenvalue weighted by Crippen LogP contribution is -2.58. The molecule has 0 amide bonds. The largest absolute Gasteiger partial charge is 0.497 e. The number of morpholine rings is 1. The van der Waals surface area contributed by atoms with E-state index < -0.39 is 0 Å². The van der Waals surface area contributed by atoms with Crippen LogP contribution in [0.25, 0.3) is 0 Å². The molecule has 0 aromatic heterocycles. The van der Waals surface area contributed by atoms with Crippen LogP contribution in [0.1, 0.15) is 18.4 Å². The fraction of sp³-hybridized carbons (Fsp3) is 0.647. The van der Waals surface area contributed by atoms with Crippen molar-refractivity contribution >= 4 is 0 Å². The summed E-state index contributed by atoms with van der Waals surface area (Å²) < 4.78 is 11.5. The molecule has 2 saturated heterocycles. The molecule has 2 aliphatic rings. The van der Waals surface area contributed by atoms with Gasteiger partial charge in [0.25, 0.3) is 0 Å². The number of nitrogens with zero attached hydrogens (tertiary/aromatic N) is 2. The van der Waals surface area contributed by atoms with Crippen LogP contribution in [0, 0.1) is 0 Å². The molecule has 1 spiro atoms. The number of rotatable bonds is 3. The molecule has 0 bridgehead atoms. The molecule has 2 heterocycles. The molecule has 2 aliphatic heterocycles. The van der Waals surface area contributed by atoms with Gasteiger partial charge in [0.15, 0.2) is 0 Å². The molecule has 1 atom stereocenters. The van der Waals surface area contributed by atoms with E-state index in [-0.39, 0.29) is 5.60 Å². The van der Waals surface area contributed by atoms with E-state index in [0.29, 0.717) is 0 Å². The van der Waals surface area contributed by atoms with Crippen molar-refractivity contribution in [2.24, 2.45) is 0 Å². The molecule has 0 aliphatic carbocycles. The molecular weight excluding hydrogens is 264 g/mol. The maximum Gasteiger partial charge on any atom is 0.119 e. The number of likely N-dealkylation sites (tertiary alicyclic amines) is 1. The quantitative estimate of drug-likeness (QED) is 0.850. The molecule has 0 saturated carbocycles. The Balaban J connectivity index is 1.65. The average Bonchev–Trinajstić information content (AvgIpc) is 2.47. The lowest BCUT2D eigenvalue weighted by Gasteiger charge is -2.47. The second-order valence-corrected chi connectivity index (χ2v) is 6.43. The second-order valence-electron chi connectivity index (χ2n) is 6.43. The van der Waals surface area contributed by atoms with E-state index in [4.69, 9.17) is 9.47 Å². The summed E-state index contributed by atoms with van der Waals surface area (Å²) in [5, 5.41) is 0. The van der Waals surface area contributed by atoms with Gasteiger partial charge in [-0.1, -0.05) is 12.1 Å². The third-order valence-electron chi connectivity index (χ3n) is 4.60. The zero-order valence-corrected chi connectivity index (χ0v) is 13.2. The normalized spacial score (nSPS) is 27.9. The highest BCUT2D eigenvalue weighted by Crippen LogP contribution is 2.29. The standard InChI is InChI=1S/C17H26N2O2/c1-18-8-4-7-17(13-18)14-19(9-10-21-17)12-15-5-3-6-16(11-15)20-2/h3,5-6,11H,4,7-10,12-14H2,1-2H3/t17-/m0/s1. The summed E-state index contributed by atoms with van der Waals surface area (Å²) in [7, 11) is 3.92. The molecule has 2 fully saturated rings. The number of methoxy groups -OCH3 is 1. The highest BCUT2D eigenvalue weighted by molar-refractivity contribution is 5.28. The topological polar surface area (TPSA) is 24.9 Å². The minimum atomic E-state index is 0.0458. The number of ether oxygens (including phenoxy) is 2. The van der Waals surface area contributed by atoms with Crippen molar-refractivity contribution < 1.29 is 9.47 Å². The monoisotopic (exact) mass is 290 g/mol. The third-order valence-corrected chi connectivity index (χ3v) is 4.60. The van der Waals surface area contributed by atoms with Crippen molar-refractivity contribution in [3.05, 3.63) is 29.8 Å². The van der Waals surface area contributed by atoms with Crippen LogP contribution in [0.4, 0.5) is 0 Å². The molecule has 4 heteroatoms. The van der Waals surface area contributed by atoms with Gasteiger partial charge in [0.2, 0.25) is 0 Å². The predicted octanol–water partition coefficient (Wildman–Crippen LogP) is 1.99. The summed E-state index contributed by atoms with van der Waals surface area (Å²) in [5.41, 5.74) is 1.36. The van der Waals surface area contributed by atoms with Crippen LogP contribution in [0.5, 0.6) is 5.75 Å². The highest BCUT2D eigenvalue weighted by Gasteiger charge is 2.39. The van der Waals surface area contributed by atoms with Gasteiger partial charge < -0.3 is 14.4 Å². The maximum atomic E-state index is 6.18. The number of likely N-dealkylation sites (N-methyl/N-ethyl adjacent to an activating group) is 1. The molecule has 21 heavy (non-hydrogen) atoms. The molecular formula is C17H26N2O2. The molecule has 3 rings (SSSR count). The first kappa shape index (κ1) is 14.8. The van der Waals surface area contributed by atoms with Gasteiger partial charge in [0.1, 0.15) is 5.75 Å². The molecule has 0 N–H and O–H groups in total. The van der Waals surface area contributed by atoms with E-state index in [9.17, 15) is 0 Å². The lowest BCUT2D eigenvalue weighted by atomic mass is 9.91. The SMILES string of the molecule is COc1cccc(CN2CCO[C@]3(CCCN(C)C3)C2)c1. The molecule has 116 valence electrons. The van der Waals surface area contributed by atoms with Gasteiger partial charge in [0.05, 0.1) is 19.3 Å². The first-order valence-corrected chi connectivity index (χ1v) is 7.87. The van der Waals surface area contributed by atoms with E-state index in [0.717, 1.165) is 38.5 Å². The molecule has 0 radical (unpaired) electrons. The molecule has 0 unspecified atom stereocenters. The molecule has 1 aromatic rings. The van der Waals surface area contributed by atoms with Crippen molar-refractivity contribution in [3.8, 4) is 5.75 Å². The Bertz CT molecular complexity index is 476. The third kappa shape index (κ3) is 3.57. The summed E-state index contributed by atoms with van der Waals surface area (Å²) in [6.45, 7) is 6.13. The van der Waals surface area contributed by atoms with Gasteiger partial charge >= 0.3 is 0 Å². The Labute approximate surface area is 127 Å². The number of piperidine rings is 1. The Morgan fingerprint density at radius 1 is 1.29 bits per heavy atom. The van der Waals surface area contributed by atoms with Crippen LogP contribution in [-0.2, 0) is 11.3 Å². The van der Waals surface area contributed by atoms with Crippen LogP contribution >= 0.6 is 0 Å². The fourth-order valence-corrected chi connectivity index (χ4v) is 3.66. The van der Waals surface area contributed by atoms with Crippen molar-refractivity contribution in [2.45, 2.75) is 25.0 Å². The Hall–Kier alpha value is -1.10. The minimum absolute atomic E-state index is 0.0458. The van der Waals surface area contributed by atoms with Gasteiger partial charge in [-0.3, -0.25) is 4.90 Å². The van der Waals surface area contributed by atoms with Crippen molar-refractivity contribution in [2.75, 3.05) is 46.9 Å². The first-order chi connectivity index (χ1) is 10.2. The van der Waals surface area contributed by atoms with Crippen LogP contribution in [0.2, 0.25) is 0 Å². The number of hydrogen-bond acceptors (Lipinski definition) is 4.